The molecule has 0 unspecified atom stereocenters. The number of rotatable bonds is 5. The van der Waals surface area contributed by atoms with Crippen molar-refractivity contribution in [3.05, 3.63) is 64.1 Å². The highest BCUT2D eigenvalue weighted by atomic mass is 79.9. The molecular formula is C18H19BrN2O2. The summed E-state index contributed by atoms with van der Waals surface area (Å²) in [6.45, 7) is 3.92. The Balaban J connectivity index is 2.01. The number of hydrogen-bond acceptors (Lipinski definition) is 2. The van der Waals surface area contributed by atoms with E-state index in [1.165, 1.54) is 11.8 Å². The number of carbonyl (C=O) groups excluding carboxylic acids is 2. The van der Waals surface area contributed by atoms with Gasteiger partial charge >= 0.3 is 0 Å². The summed E-state index contributed by atoms with van der Waals surface area (Å²) in [7, 11) is 0. The quantitative estimate of drug-likeness (QED) is 0.866. The molecule has 0 aliphatic carbocycles. The molecule has 0 atom stereocenters. The number of nitrogens with one attached hydrogen (secondary N) is 1. The summed E-state index contributed by atoms with van der Waals surface area (Å²) in [5.41, 5.74) is 2.84. The van der Waals surface area contributed by atoms with E-state index in [0.717, 1.165) is 15.6 Å². The standard InChI is InChI=1S/C18H19BrN2O2/c1-13-5-3-6-15(9-13)11-21(14(2)22)12-18(23)20-17-8-4-7-16(19)10-17/h3-10H,11-12H2,1-2H3,(H,20,23). The number of carbonyl (C=O) groups is 2. The molecule has 0 fully saturated rings. The van der Waals surface area contributed by atoms with Crippen molar-refractivity contribution in [1.29, 1.82) is 0 Å². The molecule has 2 aromatic carbocycles. The lowest BCUT2D eigenvalue weighted by Crippen LogP contribution is -2.36. The van der Waals surface area contributed by atoms with E-state index in [1.807, 2.05) is 49.4 Å². The molecule has 0 radical (unpaired) electrons. The number of anilines is 1. The molecule has 2 aromatic rings. The Morgan fingerprint density at radius 2 is 1.87 bits per heavy atom. The van der Waals surface area contributed by atoms with Crippen molar-refractivity contribution in [2.75, 3.05) is 11.9 Å². The number of halogens is 1. The molecule has 0 saturated heterocycles. The van der Waals surface area contributed by atoms with E-state index in [9.17, 15) is 9.59 Å². The van der Waals surface area contributed by atoms with Gasteiger partial charge in [0.1, 0.15) is 6.54 Å². The molecule has 0 heterocycles. The predicted molar refractivity (Wildman–Crippen MR) is 95.0 cm³/mol. The highest BCUT2D eigenvalue weighted by Crippen LogP contribution is 2.15. The summed E-state index contributed by atoms with van der Waals surface area (Å²) in [4.78, 5) is 25.5. The lowest BCUT2D eigenvalue weighted by Gasteiger charge is -2.21. The first kappa shape index (κ1) is 17.2. The molecule has 2 amide bonds. The van der Waals surface area contributed by atoms with Gasteiger partial charge in [0, 0.05) is 23.6 Å². The maximum absolute atomic E-state index is 12.2. The third-order valence-electron chi connectivity index (χ3n) is 3.34. The molecule has 0 aliphatic heterocycles. The minimum Gasteiger partial charge on any atom is -0.329 e. The van der Waals surface area contributed by atoms with Gasteiger partial charge in [0.05, 0.1) is 0 Å². The van der Waals surface area contributed by atoms with Gasteiger partial charge in [-0.1, -0.05) is 51.8 Å². The van der Waals surface area contributed by atoms with E-state index in [0.29, 0.717) is 12.2 Å². The molecule has 0 aliphatic rings. The van der Waals surface area contributed by atoms with Crippen molar-refractivity contribution in [3.63, 3.8) is 0 Å². The number of benzene rings is 2. The summed E-state index contributed by atoms with van der Waals surface area (Å²) in [5.74, 6) is -0.346. The third kappa shape index (κ3) is 5.53. The van der Waals surface area contributed by atoms with E-state index >= 15 is 0 Å². The van der Waals surface area contributed by atoms with Crippen molar-refractivity contribution in [3.8, 4) is 0 Å². The second kappa shape index (κ2) is 7.92. The maximum atomic E-state index is 12.2. The van der Waals surface area contributed by atoms with Crippen LogP contribution < -0.4 is 5.32 Å². The van der Waals surface area contributed by atoms with Crippen LogP contribution in [0.1, 0.15) is 18.1 Å². The lowest BCUT2D eigenvalue weighted by molar-refractivity contribution is -0.133. The van der Waals surface area contributed by atoms with Crippen LogP contribution in [0.15, 0.2) is 53.0 Å². The minimum atomic E-state index is -0.217. The predicted octanol–water partition coefficient (Wildman–Crippen LogP) is 3.74. The van der Waals surface area contributed by atoms with Gasteiger partial charge in [-0.15, -0.1) is 0 Å². The molecule has 120 valence electrons. The van der Waals surface area contributed by atoms with Gasteiger partial charge < -0.3 is 10.2 Å². The van der Waals surface area contributed by atoms with Crippen molar-refractivity contribution in [2.45, 2.75) is 20.4 Å². The Morgan fingerprint density at radius 3 is 2.52 bits per heavy atom. The van der Waals surface area contributed by atoms with Crippen LogP contribution in [0.2, 0.25) is 0 Å². The molecule has 1 N–H and O–H groups in total. The monoisotopic (exact) mass is 374 g/mol. The largest absolute Gasteiger partial charge is 0.329 e. The van der Waals surface area contributed by atoms with Crippen LogP contribution in [-0.4, -0.2) is 23.3 Å². The van der Waals surface area contributed by atoms with Gasteiger partial charge in [-0.2, -0.15) is 0 Å². The van der Waals surface area contributed by atoms with Crippen molar-refractivity contribution >= 4 is 33.4 Å². The molecule has 0 bridgehead atoms. The number of amides is 2. The van der Waals surface area contributed by atoms with Crippen LogP contribution in [0.4, 0.5) is 5.69 Å². The summed E-state index contributed by atoms with van der Waals surface area (Å²) in [6, 6.07) is 15.3. The second-order valence-corrected chi connectivity index (χ2v) is 6.34. The smallest absolute Gasteiger partial charge is 0.244 e. The van der Waals surface area contributed by atoms with Crippen molar-refractivity contribution < 1.29 is 9.59 Å². The third-order valence-corrected chi connectivity index (χ3v) is 3.84. The Bertz CT molecular complexity index is 716. The topological polar surface area (TPSA) is 49.4 Å². The van der Waals surface area contributed by atoms with Gasteiger partial charge in [-0.05, 0) is 30.7 Å². The Kier molecular flexibility index (Phi) is 5.93. The summed E-state index contributed by atoms with van der Waals surface area (Å²) in [5, 5.41) is 2.80. The van der Waals surface area contributed by atoms with E-state index in [2.05, 4.69) is 21.2 Å². The van der Waals surface area contributed by atoms with Gasteiger partial charge in [-0.25, -0.2) is 0 Å². The van der Waals surface area contributed by atoms with Crippen LogP contribution >= 0.6 is 15.9 Å². The zero-order valence-corrected chi connectivity index (χ0v) is 14.8. The Morgan fingerprint density at radius 1 is 1.13 bits per heavy atom. The Hall–Kier alpha value is -2.14. The molecule has 0 spiro atoms. The van der Waals surface area contributed by atoms with Crippen LogP contribution in [0.5, 0.6) is 0 Å². The zero-order chi connectivity index (χ0) is 16.8. The summed E-state index contributed by atoms with van der Waals surface area (Å²) >= 11 is 3.36. The number of hydrogen-bond donors (Lipinski definition) is 1. The van der Waals surface area contributed by atoms with E-state index in [-0.39, 0.29) is 18.4 Å². The lowest BCUT2D eigenvalue weighted by atomic mass is 10.1. The first-order valence-corrected chi connectivity index (χ1v) is 8.10. The molecule has 0 aromatic heterocycles. The highest BCUT2D eigenvalue weighted by Gasteiger charge is 2.14. The molecule has 2 rings (SSSR count). The minimum absolute atomic E-state index is 0.0236. The zero-order valence-electron chi connectivity index (χ0n) is 13.2. The first-order valence-electron chi connectivity index (χ1n) is 7.30. The average molecular weight is 375 g/mol. The van der Waals surface area contributed by atoms with E-state index in [4.69, 9.17) is 0 Å². The average Bonchev–Trinajstić information content (AvgIpc) is 2.46. The first-order chi connectivity index (χ1) is 10.9. The van der Waals surface area contributed by atoms with E-state index in [1.54, 1.807) is 6.07 Å². The fourth-order valence-electron chi connectivity index (χ4n) is 2.25. The fourth-order valence-corrected chi connectivity index (χ4v) is 2.65. The molecule has 4 nitrogen and oxygen atoms in total. The van der Waals surface area contributed by atoms with Crippen LogP contribution in [0, 0.1) is 6.92 Å². The van der Waals surface area contributed by atoms with E-state index < -0.39 is 0 Å². The van der Waals surface area contributed by atoms with Crippen LogP contribution in [-0.2, 0) is 16.1 Å². The Labute approximate surface area is 144 Å². The SMILES string of the molecule is CC(=O)N(CC(=O)Nc1cccc(Br)c1)Cc1cccc(C)c1. The summed E-state index contributed by atoms with van der Waals surface area (Å²) in [6.07, 6.45) is 0. The number of aryl methyl sites for hydroxylation is 1. The highest BCUT2D eigenvalue weighted by molar-refractivity contribution is 9.10. The fraction of sp³-hybridized carbons (Fsp3) is 0.222. The van der Waals surface area contributed by atoms with Gasteiger partial charge in [0.2, 0.25) is 11.8 Å². The van der Waals surface area contributed by atoms with Crippen LogP contribution in [0.25, 0.3) is 0 Å². The second-order valence-electron chi connectivity index (χ2n) is 5.42. The summed E-state index contributed by atoms with van der Waals surface area (Å²) < 4.78 is 0.887. The van der Waals surface area contributed by atoms with Crippen LogP contribution in [0.3, 0.4) is 0 Å². The van der Waals surface area contributed by atoms with Gasteiger partial charge in [-0.3, -0.25) is 9.59 Å². The van der Waals surface area contributed by atoms with Crippen molar-refractivity contribution in [2.24, 2.45) is 0 Å². The maximum Gasteiger partial charge on any atom is 0.244 e. The van der Waals surface area contributed by atoms with Gasteiger partial charge in [0.15, 0.2) is 0 Å². The normalized spacial score (nSPS) is 10.2. The number of nitrogens with zero attached hydrogens (tertiary/aromatic N) is 1. The molecule has 5 heteroatoms. The molecule has 23 heavy (non-hydrogen) atoms. The molecular weight excluding hydrogens is 356 g/mol. The van der Waals surface area contributed by atoms with Gasteiger partial charge in [0.25, 0.3) is 0 Å². The molecule has 0 saturated carbocycles. The van der Waals surface area contributed by atoms with Crippen molar-refractivity contribution in [1.82, 2.24) is 4.90 Å².